The van der Waals surface area contributed by atoms with Crippen molar-refractivity contribution in [1.82, 2.24) is 5.32 Å². The van der Waals surface area contributed by atoms with Crippen LogP contribution in [0.1, 0.15) is 24.5 Å². The third kappa shape index (κ3) is 6.46. The fourth-order valence-corrected chi connectivity index (χ4v) is 2.62. The molecule has 1 N–H and O–H groups in total. The van der Waals surface area contributed by atoms with Crippen molar-refractivity contribution in [1.29, 1.82) is 0 Å². The van der Waals surface area contributed by atoms with E-state index in [1.165, 1.54) is 32.8 Å². The average Bonchev–Trinajstić information content (AvgIpc) is 2.70. The smallest absolute Gasteiger partial charge is 0.308 e. The molecule has 2 aromatic carbocycles. The van der Waals surface area contributed by atoms with E-state index in [0.717, 1.165) is 12.8 Å². The summed E-state index contributed by atoms with van der Waals surface area (Å²) < 4.78 is 15.7. The van der Waals surface area contributed by atoms with Crippen molar-refractivity contribution in [3.63, 3.8) is 0 Å². The summed E-state index contributed by atoms with van der Waals surface area (Å²) in [6, 6.07) is 13.5. The molecule has 0 aliphatic heterocycles. The maximum Gasteiger partial charge on any atom is 0.308 e. The number of aryl methyl sites for hydroxylation is 1. The van der Waals surface area contributed by atoms with Crippen molar-refractivity contribution < 1.29 is 23.8 Å². The molecule has 1 amide bonds. The van der Waals surface area contributed by atoms with Crippen LogP contribution < -0.4 is 19.5 Å². The number of rotatable bonds is 9. The third-order valence-corrected chi connectivity index (χ3v) is 3.94. The van der Waals surface area contributed by atoms with Crippen LogP contribution in [-0.4, -0.2) is 32.6 Å². The SMILES string of the molecule is COc1cc(C=CC(=O)NCCCc2ccccc2)cc(OC)c1OC(C)=O. The van der Waals surface area contributed by atoms with Crippen LogP contribution in [0.15, 0.2) is 48.5 Å². The first-order valence-electron chi connectivity index (χ1n) is 8.97. The van der Waals surface area contributed by atoms with Gasteiger partial charge in [0.2, 0.25) is 11.7 Å². The Hall–Kier alpha value is -3.28. The minimum atomic E-state index is -0.477. The molecule has 0 unspecified atom stereocenters. The Labute approximate surface area is 165 Å². The molecular formula is C22H25NO5. The van der Waals surface area contributed by atoms with Gasteiger partial charge in [0.25, 0.3) is 0 Å². The molecule has 0 aliphatic carbocycles. The Morgan fingerprint density at radius 1 is 1.04 bits per heavy atom. The fourth-order valence-electron chi connectivity index (χ4n) is 2.62. The van der Waals surface area contributed by atoms with Crippen molar-refractivity contribution >= 4 is 18.0 Å². The van der Waals surface area contributed by atoms with Gasteiger partial charge < -0.3 is 19.5 Å². The van der Waals surface area contributed by atoms with Gasteiger partial charge >= 0.3 is 5.97 Å². The Morgan fingerprint density at radius 2 is 1.68 bits per heavy atom. The number of nitrogens with one attached hydrogen (secondary N) is 1. The lowest BCUT2D eigenvalue weighted by Crippen LogP contribution is -2.22. The molecular weight excluding hydrogens is 358 g/mol. The molecule has 0 spiro atoms. The van der Waals surface area contributed by atoms with Crippen LogP contribution in [0, 0.1) is 0 Å². The lowest BCUT2D eigenvalue weighted by Gasteiger charge is -2.13. The minimum absolute atomic E-state index is 0.185. The van der Waals surface area contributed by atoms with Gasteiger partial charge in [-0.2, -0.15) is 0 Å². The molecule has 28 heavy (non-hydrogen) atoms. The maximum atomic E-state index is 12.0. The van der Waals surface area contributed by atoms with E-state index in [4.69, 9.17) is 14.2 Å². The molecule has 148 valence electrons. The summed E-state index contributed by atoms with van der Waals surface area (Å²) in [6.45, 7) is 1.89. The topological polar surface area (TPSA) is 73.9 Å². The highest BCUT2D eigenvalue weighted by Gasteiger charge is 2.15. The van der Waals surface area contributed by atoms with Gasteiger partial charge in [-0.25, -0.2) is 0 Å². The number of benzene rings is 2. The van der Waals surface area contributed by atoms with Gasteiger partial charge in [-0.1, -0.05) is 30.3 Å². The predicted molar refractivity (Wildman–Crippen MR) is 108 cm³/mol. The average molecular weight is 383 g/mol. The van der Waals surface area contributed by atoms with Crippen molar-refractivity contribution in [2.45, 2.75) is 19.8 Å². The summed E-state index contributed by atoms with van der Waals surface area (Å²) in [4.78, 5) is 23.3. The molecule has 0 aromatic heterocycles. The zero-order valence-electron chi connectivity index (χ0n) is 16.4. The molecule has 0 bridgehead atoms. The van der Waals surface area contributed by atoms with Crippen molar-refractivity contribution in [2.75, 3.05) is 20.8 Å². The largest absolute Gasteiger partial charge is 0.493 e. The van der Waals surface area contributed by atoms with Gasteiger partial charge in [0.1, 0.15) is 0 Å². The van der Waals surface area contributed by atoms with Gasteiger partial charge in [-0.3, -0.25) is 9.59 Å². The number of carbonyl (C=O) groups is 2. The van der Waals surface area contributed by atoms with Crippen LogP contribution >= 0.6 is 0 Å². The zero-order chi connectivity index (χ0) is 20.4. The van der Waals surface area contributed by atoms with Gasteiger partial charge in [-0.15, -0.1) is 0 Å². The number of hydrogen-bond acceptors (Lipinski definition) is 5. The molecule has 2 rings (SSSR count). The van der Waals surface area contributed by atoms with Crippen LogP contribution in [0.4, 0.5) is 0 Å². The highest BCUT2D eigenvalue weighted by atomic mass is 16.6. The first-order chi connectivity index (χ1) is 13.5. The Morgan fingerprint density at radius 3 is 2.25 bits per heavy atom. The Kier molecular flexibility index (Phi) is 8.09. The van der Waals surface area contributed by atoms with Crippen LogP contribution in [0.5, 0.6) is 17.2 Å². The van der Waals surface area contributed by atoms with E-state index in [-0.39, 0.29) is 11.7 Å². The first-order valence-corrected chi connectivity index (χ1v) is 8.97. The normalized spacial score (nSPS) is 10.5. The highest BCUT2D eigenvalue weighted by molar-refractivity contribution is 5.92. The second-order valence-electron chi connectivity index (χ2n) is 6.06. The molecule has 0 radical (unpaired) electrons. The summed E-state index contributed by atoms with van der Waals surface area (Å²) in [5.74, 6) is 0.236. The maximum absolute atomic E-state index is 12.0. The zero-order valence-corrected chi connectivity index (χ0v) is 16.4. The van der Waals surface area contributed by atoms with Crippen LogP contribution in [0.25, 0.3) is 6.08 Å². The van der Waals surface area contributed by atoms with Gasteiger partial charge in [-0.05, 0) is 42.2 Å². The fraction of sp³-hybridized carbons (Fsp3) is 0.273. The van der Waals surface area contributed by atoms with Crippen LogP contribution in [0.2, 0.25) is 0 Å². The lowest BCUT2D eigenvalue weighted by atomic mass is 10.1. The monoisotopic (exact) mass is 383 g/mol. The van der Waals surface area contributed by atoms with E-state index in [2.05, 4.69) is 17.4 Å². The van der Waals surface area contributed by atoms with E-state index in [0.29, 0.717) is 23.6 Å². The molecule has 0 heterocycles. The van der Waals surface area contributed by atoms with Gasteiger partial charge in [0, 0.05) is 19.5 Å². The third-order valence-electron chi connectivity index (χ3n) is 3.94. The Balaban J connectivity index is 1.94. The first kappa shape index (κ1) is 21.0. The molecule has 2 aromatic rings. The quantitative estimate of drug-likeness (QED) is 0.311. The van der Waals surface area contributed by atoms with E-state index in [1.807, 2.05) is 18.2 Å². The molecule has 0 aliphatic rings. The second-order valence-corrected chi connectivity index (χ2v) is 6.06. The summed E-state index contributed by atoms with van der Waals surface area (Å²) in [5.41, 5.74) is 1.93. The van der Waals surface area contributed by atoms with E-state index < -0.39 is 5.97 Å². The van der Waals surface area contributed by atoms with E-state index >= 15 is 0 Å². The molecule has 0 atom stereocenters. The van der Waals surface area contributed by atoms with Crippen LogP contribution in [0.3, 0.4) is 0 Å². The predicted octanol–water partition coefficient (Wildman–Crippen LogP) is 3.39. The number of amides is 1. The van der Waals surface area contributed by atoms with Gasteiger partial charge in [0.05, 0.1) is 14.2 Å². The second kappa shape index (κ2) is 10.8. The number of methoxy groups -OCH3 is 2. The summed E-state index contributed by atoms with van der Waals surface area (Å²) >= 11 is 0. The number of carbonyl (C=O) groups excluding carboxylic acids is 2. The standard InChI is InChI=1S/C22H25NO5/c1-16(24)28-22-19(26-2)14-18(15-20(22)27-3)11-12-21(25)23-13-7-10-17-8-5-4-6-9-17/h4-6,8-9,11-12,14-15H,7,10,13H2,1-3H3,(H,23,25). The molecule has 0 saturated carbocycles. The number of esters is 1. The Bertz CT molecular complexity index is 805. The summed E-state index contributed by atoms with van der Waals surface area (Å²) in [6.07, 6.45) is 4.87. The lowest BCUT2D eigenvalue weighted by molar-refractivity contribution is -0.132. The molecule has 0 fully saturated rings. The number of ether oxygens (including phenoxy) is 3. The minimum Gasteiger partial charge on any atom is -0.493 e. The van der Waals surface area contributed by atoms with Crippen LogP contribution in [-0.2, 0) is 16.0 Å². The molecule has 6 nitrogen and oxygen atoms in total. The van der Waals surface area contributed by atoms with E-state index in [1.54, 1.807) is 18.2 Å². The van der Waals surface area contributed by atoms with Crippen molar-refractivity contribution in [3.8, 4) is 17.2 Å². The van der Waals surface area contributed by atoms with Gasteiger partial charge in [0.15, 0.2) is 11.5 Å². The van der Waals surface area contributed by atoms with Crippen molar-refractivity contribution in [3.05, 3.63) is 59.7 Å². The van der Waals surface area contributed by atoms with E-state index in [9.17, 15) is 9.59 Å². The summed E-state index contributed by atoms with van der Waals surface area (Å²) in [5, 5.41) is 2.86. The highest BCUT2D eigenvalue weighted by Crippen LogP contribution is 2.39. The summed E-state index contributed by atoms with van der Waals surface area (Å²) in [7, 11) is 2.93. The molecule has 0 saturated heterocycles. The molecule has 6 heteroatoms. The number of hydrogen-bond donors (Lipinski definition) is 1. The van der Waals surface area contributed by atoms with Crippen molar-refractivity contribution in [2.24, 2.45) is 0 Å².